The lowest BCUT2D eigenvalue weighted by molar-refractivity contribution is -0.151. The van der Waals surface area contributed by atoms with Gasteiger partial charge in [-0.2, -0.15) is 0 Å². The lowest BCUT2D eigenvalue weighted by Gasteiger charge is -2.17. The van der Waals surface area contributed by atoms with Crippen LogP contribution in [0.1, 0.15) is 6.42 Å². The van der Waals surface area contributed by atoms with Crippen molar-refractivity contribution in [3.63, 3.8) is 0 Å². The van der Waals surface area contributed by atoms with Crippen molar-refractivity contribution >= 4 is 40.8 Å². The lowest BCUT2D eigenvalue weighted by Crippen LogP contribution is -2.28. The highest BCUT2D eigenvalue weighted by Gasteiger charge is 2.37. The number of benzene rings is 2. The first-order valence-electron chi connectivity index (χ1n) is 8.31. The second-order valence-corrected chi connectivity index (χ2v) is 6.57. The number of ether oxygens (including phenoxy) is 1. The van der Waals surface area contributed by atoms with Gasteiger partial charge in [-0.15, -0.1) is 0 Å². The van der Waals surface area contributed by atoms with Gasteiger partial charge < -0.3 is 15.0 Å². The molecule has 0 radical (unpaired) electrons. The number of hydrogen-bond acceptors (Lipinski definition) is 4. The van der Waals surface area contributed by atoms with Crippen LogP contribution < -0.4 is 10.2 Å². The molecule has 146 valence electrons. The Morgan fingerprint density at radius 1 is 1.18 bits per heavy atom. The molecule has 28 heavy (non-hydrogen) atoms. The van der Waals surface area contributed by atoms with E-state index in [1.54, 1.807) is 6.07 Å². The Bertz CT molecular complexity index is 938. The smallest absolute Gasteiger partial charge is 0.311 e. The van der Waals surface area contributed by atoms with Gasteiger partial charge in [0.25, 0.3) is 5.91 Å². The summed E-state index contributed by atoms with van der Waals surface area (Å²) < 4.78 is 32.4. The first kappa shape index (κ1) is 19.8. The molecule has 2 aromatic carbocycles. The molecule has 0 aromatic heterocycles. The van der Waals surface area contributed by atoms with Gasteiger partial charge in [0.15, 0.2) is 6.61 Å². The maximum atomic E-state index is 13.9. The Morgan fingerprint density at radius 3 is 2.64 bits per heavy atom. The molecule has 2 aromatic rings. The van der Waals surface area contributed by atoms with E-state index in [1.807, 2.05) is 0 Å². The maximum Gasteiger partial charge on any atom is 0.311 e. The van der Waals surface area contributed by atoms with Crippen LogP contribution in [-0.2, 0) is 19.1 Å². The van der Waals surface area contributed by atoms with Crippen LogP contribution in [0.15, 0.2) is 42.5 Å². The highest BCUT2D eigenvalue weighted by molar-refractivity contribution is 6.30. The molecule has 1 fully saturated rings. The summed E-state index contributed by atoms with van der Waals surface area (Å²) in [5, 5.41) is 2.43. The fourth-order valence-corrected chi connectivity index (χ4v) is 2.96. The van der Waals surface area contributed by atoms with Crippen molar-refractivity contribution in [1.82, 2.24) is 0 Å². The number of halogens is 3. The molecule has 0 bridgehead atoms. The summed E-state index contributed by atoms with van der Waals surface area (Å²) in [4.78, 5) is 37.3. The van der Waals surface area contributed by atoms with E-state index >= 15 is 0 Å². The third kappa shape index (κ3) is 4.45. The molecule has 1 aliphatic heterocycles. The van der Waals surface area contributed by atoms with Crippen LogP contribution in [0.5, 0.6) is 0 Å². The highest BCUT2D eigenvalue weighted by atomic mass is 35.5. The number of rotatable bonds is 5. The van der Waals surface area contributed by atoms with Gasteiger partial charge in [-0.05, 0) is 30.3 Å². The normalized spacial score (nSPS) is 16.2. The summed E-state index contributed by atoms with van der Waals surface area (Å²) in [6.45, 7) is -0.697. The van der Waals surface area contributed by atoms with Gasteiger partial charge in [-0.3, -0.25) is 14.4 Å². The number of hydrogen-bond donors (Lipinski definition) is 1. The van der Waals surface area contributed by atoms with Crippen molar-refractivity contribution in [2.45, 2.75) is 6.42 Å². The number of para-hydroxylation sites is 1. The van der Waals surface area contributed by atoms with E-state index in [4.69, 9.17) is 16.3 Å². The molecule has 2 amide bonds. The number of esters is 1. The molecule has 3 rings (SSSR count). The van der Waals surface area contributed by atoms with Crippen LogP contribution in [0, 0.1) is 17.6 Å². The van der Waals surface area contributed by atoms with E-state index in [1.165, 1.54) is 35.2 Å². The molecule has 1 heterocycles. The summed E-state index contributed by atoms with van der Waals surface area (Å²) in [7, 11) is 0. The Kier molecular flexibility index (Phi) is 5.89. The fourth-order valence-electron chi connectivity index (χ4n) is 2.80. The number of carbonyl (C=O) groups is 3. The van der Waals surface area contributed by atoms with Crippen molar-refractivity contribution < 1.29 is 27.9 Å². The number of carbonyl (C=O) groups excluding carboxylic acids is 3. The predicted molar refractivity (Wildman–Crippen MR) is 97.9 cm³/mol. The SMILES string of the molecule is O=C(COC(=O)[C@H]1CC(=O)N(c2ccccc2F)C1)Nc1ccc(Cl)cc1F. The molecule has 0 unspecified atom stereocenters. The maximum absolute atomic E-state index is 13.9. The van der Waals surface area contributed by atoms with E-state index in [9.17, 15) is 23.2 Å². The van der Waals surface area contributed by atoms with Gasteiger partial charge in [0, 0.05) is 18.0 Å². The molecular weight excluding hydrogens is 394 g/mol. The Labute approximate surface area is 164 Å². The van der Waals surface area contributed by atoms with Crippen LogP contribution in [0.25, 0.3) is 0 Å². The average Bonchev–Trinajstić information content (AvgIpc) is 3.04. The second kappa shape index (κ2) is 8.35. The third-order valence-corrected chi connectivity index (χ3v) is 4.39. The number of nitrogens with one attached hydrogen (secondary N) is 1. The minimum absolute atomic E-state index is 0.0496. The van der Waals surface area contributed by atoms with Crippen molar-refractivity contribution in [2.24, 2.45) is 5.92 Å². The first-order chi connectivity index (χ1) is 13.3. The number of anilines is 2. The van der Waals surface area contributed by atoms with Gasteiger partial charge in [-0.1, -0.05) is 23.7 Å². The van der Waals surface area contributed by atoms with Crippen LogP contribution in [0.4, 0.5) is 20.2 Å². The molecule has 0 saturated carbocycles. The standard InChI is InChI=1S/C19H15ClF2N2O4/c20-12-5-6-15(14(22)8-12)23-17(25)10-28-19(27)11-7-18(26)24(9-11)16-4-2-1-3-13(16)21/h1-6,8,11H,7,9-10H2,(H,23,25)/t11-/m0/s1. The molecule has 0 aliphatic carbocycles. The van der Waals surface area contributed by atoms with E-state index in [0.717, 1.165) is 6.07 Å². The van der Waals surface area contributed by atoms with Gasteiger partial charge in [0.2, 0.25) is 5.91 Å². The van der Waals surface area contributed by atoms with Crippen molar-refractivity contribution in [3.8, 4) is 0 Å². The van der Waals surface area contributed by atoms with Gasteiger partial charge >= 0.3 is 5.97 Å². The molecule has 9 heteroatoms. The van der Waals surface area contributed by atoms with Crippen LogP contribution in [-0.4, -0.2) is 30.9 Å². The summed E-state index contributed by atoms with van der Waals surface area (Å²) >= 11 is 5.63. The summed E-state index contributed by atoms with van der Waals surface area (Å²) in [5.74, 6) is -4.06. The highest BCUT2D eigenvalue weighted by Crippen LogP contribution is 2.28. The summed E-state index contributed by atoms with van der Waals surface area (Å²) in [6.07, 6.45) is -0.152. The minimum Gasteiger partial charge on any atom is -0.455 e. The summed E-state index contributed by atoms with van der Waals surface area (Å²) in [5.41, 5.74) is -0.0222. The van der Waals surface area contributed by atoms with Crippen LogP contribution in [0.3, 0.4) is 0 Å². The number of nitrogens with zero attached hydrogens (tertiary/aromatic N) is 1. The predicted octanol–water partition coefficient (Wildman–Crippen LogP) is 3.15. The number of amides is 2. The molecular formula is C19H15ClF2N2O4. The zero-order valence-corrected chi connectivity index (χ0v) is 15.2. The molecule has 1 aliphatic rings. The van der Waals surface area contributed by atoms with Crippen LogP contribution in [0.2, 0.25) is 5.02 Å². The quantitative estimate of drug-likeness (QED) is 0.771. The third-order valence-electron chi connectivity index (χ3n) is 4.15. The van der Waals surface area contributed by atoms with Gasteiger partial charge in [-0.25, -0.2) is 8.78 Å². The molecule has 1 saturated heterocycles. The molecule has 1 atom stereocenters. The van der Waals surface area contributed by atoms with Crippen molar-refractivity contribution in [1.29, 1.82) is 0 Å². The van der Waals surface area contributed by atoms with Crippen molar-refractivity contribution in [2.75, 3.05) is 23.4 Å². The average molecular weight is 409 g/mol. The largest absolute Gasteiger partial charge is 0.455 e. The Morgan fingerprint density at radius 2 is 1.93 bits per heavy atom. The molecule has 0 spiro atoms. The van der Waals surface area contributed by atoms with E-state index in [2.05, 4.69) is 5.32 Å². The van der Waals surface area contributed by atoms with E-state index in [0.29, 0.717) is 0 Å². The molecule has 6 nitrogen and oxygen atoms in total. The zero-order chi connectivity index (χ0) is 20.3. The fraction of sp³-hybridized carbons (Fsp3) is 0.211. The Hall–Kier alpha value is -3.00. The van der Waals surface area contributed by atoms with E-state index < -0.39 is 41.9 Å². The monoisotopic (exact) mass is 408 g/mol. The van der Waals surface area contributed by atoms with E-state index in [-0.39, 0.29) is 29.4 Å². The van der Waals surface area contributed by atoms with Gasteiger partial charge in [0.05, 0.1) is 17.3 Å². The Balaban J connectivity index is 1.54. The first-order valence-corrected chi connectivity index (χ1v) is 8.69. The zero-order valence-electron chi connectivity index (χ0n) is 14.5. The molecule has 1 N–H and O–H groups in total. The van der Waals surface area contributed by atoms with Crippen LogP contribution >= 0.6 is 11.6 Å². The lowest BCUT2D eigenvalue weighted by atomic mass is 10.1. The topological polar surface area (TPSA) is 75.7 Å². The minimum atomic E-state index is -0.827. The van der Waals surface area contributed by atoms with Crippen molar-refractivity contribution in [3.05, 3.63) is 59.1 Å². The second-order valence-electron chi connectivity index (χ2n) is 6.14. The van der Waals surface area contributed by atoms with Gasteiger partial charge in [0.1, 0.15) is 11.6 Å². The summed E-state index contributed by atoms with van der Waals surface area (Å²) in [6, 6.07) is 9.44.